The van der Waals surface area contributed by atoms with Gasteiger partial charge < -0.3 is 15.2 Å². The van der Waals surface area contributed by atoms with Gasteiger partial charge in [0.05, 0.1) is 6.61 Å². The van der Waals surface area contributed by atoms with E-state index in [1.165, 1.54) is 0 Å². The van der Waals surface area contributed by atoms with Gasteiger partial charge in [-0.05, 0) is 45.2 Å². The lowest BCUT2D eigenvalue weighted by Crippen LogP contribution is -2.61. The van der Waals surface area contributed by atoms with Gasteiger partial charge in [0.25, 0.3) is 0 Å². The molecule has 1 heterocycles. The number of aliphatic carboxylic acids is 1. The molecule has 19 heavy (non-hydrogen) atoms. The van der Waals surface area contributed by atoms with Crippen LogP contribution in [-0.2, 0) is 9.53 Å². The third kappa shape index (κ3) is 3.27. The summed E-state index contributed by atoms with van der Waals surface area (Å²) in [4.78, 5) is 14.0. The maximum absolute atomic E-state index is 11.8. The highest BCUT2D eigenvalue weighted by atomic mass is 16.5. The van der Waals surface area contributed by atoms with E-state index in [4.69, 9.17) is 4.74 Å². The number of likely N-dealkylation sites (N-methyl/N-ethyl adjacent to an activating group) is 1. The lowest BCUT2D eigenvalue weighted by molar-refractivity contribution is -0.147. The minimum atomic E-state index is -0.770. The second-order valence-electron chi connectivity index (χ2n) is 5.91. The summed E-state index contributed by atoms with van der Waals surface area (Å²) in [6.07, 6.45) is 4.01. The van der Waals surface area contributed by atoms with Gasteiger partial charge in [-0.1, -0.05) is 6.92 Å². The summed E-state index contributed by atoms with van der Waals surface area (Å²) in [5.41, 5.74) is -0.770. The summed E-state index contributed by atoms with van der Waals surface area (Å²) in [5, 5.41) is 13.0. The first-order chi connectivity index (χ1) is 9.10. The van der Waals surface area contributed by atoms with E-state index in [1.807, 2.05) is 7.05 Å². The average Bonchev–Trinajstić information content (AvgIpc) is 3.08. The number of carboxylic acids is 1. The van der Waals surface area contributed by atoms with E-state index in [0.717, 1.165) is 45.4 Å². The zero-order valence-corrected chi connectivity index (χ0v) is 12.0. The molecule has 1 aliphatic carbocycles. The average molecular weight is 270 g/mol. The molecular weight excluding hydrogens is 244 g/mol. The largest absolute Gasteiger partial charge is 0.480 e. The van der Waals surface area contributed by atoms with Gasteiger partial charge in [-0.3, -0.25) is 9.69 Å². The molecule has 2 unspecified atom stereocenters. The molecule has 1 saturated heterocycles. The molecule has 5 heteroatoms. The van der Waals surface area contributed by atoms with Gasteiger partial charge in [-0.25, -0.2) is 0 Å². The lowest BCUT2D eigenvalue weighted by Gasteiger charge is -2.36. The number of carbonyl (C=O) groups is 1. The van der Waals surface area contributed by atoms with E-state index in [-0.39, 0.29) is 5.92 Å². The van der Waals surface area contributed by atoms with Crippen LogP contribution < -0.4 is 5.32 Å². The van der Waals surface area contributed by atoms with Gasteiger partial charge in [0, 0.05) is 19.2 Å². The van der Waals surface area contributed by atoms with Crippen LogP contribution in [0.25, 0.3) is 0 Å². The van der Waals surface area contributed by atoms with Crippen LogP contribution >= 0.6 is 0 Å². The van der Waals surface area contributed by atoms with Crippen LogP contribution in [0.5, 0.6) is 0 Å². The van der Waals surface area contributed by atoms with Crippen LogP contribution in [0.1, 0.15) is 32.6 Å². The smallest absolute Gasteiger partial charge is 0.325 e. The summed E-state index contributed by atoms with van der Waals surface area (Å²) < 4.78 is 5.40. The van der Waals surface area contributed by atoms with E-state index in [1.54, 1.807) is 0 Å². The SMILES string of the molecule is CCCNC(CN(C)C1CCOC1)(C(=O)O)C1CC1. The molecule has 2 atom stereocenters. The zero-order valence-electron chi connectivity index (χ0n) is 12.0. The van der Waals surface area contributed by atoms with E-state index >= 15 is 0 Å². The van der Waals surface area contributed by atoms with Gasteiger partial charge >= 0.3 is 5.97 Å². The molecule has 110 valence electrons. The van der Waals surface area contributed by atoms with E-state index in [0.29, 0.717) is 12.6 Å². The van der Waals surface area contributed by atoms with Crippen LogP contribution in [0.3, 0.4) is 0 Å². The molecule has 0 radical (unpaired) electrons. The van der Waals surface area contributed by atoms with Gasteiger partial charge in [0.1, 0.15) is 5.54 Å². The van der Waals surface area contributed by atoms with Crippen molar-refractivity contribution in [2.75, 3.05) is 33.4 Å². The molecule has 0 bridgehead atoms. The summed E-state index contributed by atoms with van der Waals surface area (Å²) in [7, 11) is 2.02. The van der Waals surface area contributed by atoms with Gasteiger partial charge in [-0.2, -0.15) is 0 Å². The Morgan fingerprint density at radius 1 is 1.47 bits per heavy atom. The Hall–Kier alpha value is -0.650. The number of hydrogen-bond acceptors (Lipinski definition) is 4. The Balaban J connectivity index is 2.04. The molecule has 2 rings (SSSR count). The Bertz CT molecular complexity index is 314. The Morgan fingerprint density at radius 2 is 2.21 bits per heavy atom. The van der Waals surface area contributed by atoms with Crippen molar-refractivity contribution in [3.8, 4) is 0 Å². The second-order valence-corrected chi connectivity index (χ2v) is 5.91. The van der Waals surface area contributed by atoms with Gasteiger partial charge in [-0.15, -0.1) is 0 Å². The van der Waals surface area contributed by atoms with Crippen LogP contribution in [0.4, 0.5) is 0 Å². The highest BCUT2D eigenvalue weighted by Crippen LogP contribution is 2.40. The number of rotatable bonds is 8. The highest BCUT2D eigenvalue weighted by molar-refractivity contribution is 5.80. The van der Waals surface area contributed by atoms with Crippen molar-refractivity contribution in [2.45, 2.75) is 44.2 Å². The maximum Gasteiger partial charge on any atom is 0.325 e. The quantitative estimate of drug-likeness (QED) is 0.687. The number of nitrogens with zero attached hydrogens (tertiary/aromatic N) is 1. The molecule has 0 spiro atoms. The van der Waals surface area contributed by atoms with Gasteiger partial charge in [0.2, 0.25) is 0 Å². The first kappa shape index (κ1) is 14.8. The number of ether oxygens (including phenoxy) is 1. The Labute approximate surface area is 115 Å². The molecule has 0 aromatic rings. The summed E-state index contributed by atoms with van der Waals surface area (Å²) in [5.74, 6) is -0.421. The fourth-order valence-electron chi connectivity index (χ4n) is 2.96. The monoisotopic (exact) mass is 270 g/mol. The molecule has 0 aromatic heterocycles. The van der Waals surface area contributed by atoms with E-state index < -0.39 is 11.5 Å². The molecule has 2 aliphatic rings. The zero-order chi connectivity index (χ0) is 13.9. The molecule has 0 aromatic carbocycles. The Morgan fingerprint density at radius 3 is 2.68 bits per heavy atom. The summed E-state index contributed by atoms with van der Waals surface area (Å²) in [6.45, 7) is 4.92. The normalized spacial score (nSPS) is 26.6. The van der Waals surface area contributed by atoms with Crippen molar-refractivity contribution < 1.29 is 14.6 Å². The molecule has 0 amide bonds. The second kappa shape index (κ2) is 6.20. The summed E-state index contributed by atoms with van der Waals surface area (Å²) in [6, 6.07) is 0.362. The molecule has 1 aliphatic heterocycles. The Kier molecular flexibility index (Phi) is 4.81. The van der Waals surface area contributed by atoms with Crippen molar-refractivity contribution in [1.82, 2.24) is 10.2 Å². The van der Waals surface area contributed by atoms with Crippen molar-refractivity contribution in [1.29, 1.82) is 0 Å². The van der Waals surface area contributed by atoms with E-state index in [9.17, 15) is 9.90 Å². The third-order valence-corrected chi connectivity index (χ3v) is 4.37. The predicted octanol–water partition coefficient (Wildman–Crippen LogP) is 0.940. The predicted molar refractivity (Wildman–Crippen MR) is 73.2 cm³/mol. The fraction of sp³-hybridized carbons (Fsp3) is 0.929. The van der Waals surface area contributed by atoms with Crippen LogP contribution in [0, 0.1) is 5.92 Å². The van der Waals surface area contributed by atoms with Crippen molar-refractivity contribution >= 4 is 5.97 Å². The number of nitrogens with one attached hydrogen (secondary N) is 1. The molecular formula is C14H26N2O3. The minimum absolute atomic E-state index is 0.279. The topological polar surface area (TPSA) is 61.8 Å². The first-order valence-corrected chi connectivity index (χ1v) is 7.36. The van der Waals surface area contributed by atoms with Crippen molar-refractivity contribution in [3.05, 3.63) is 0 Å². The number of hydrogen-bond donors (Lipinski definition) is 2. The number of carboxylic acid groups (broad SMARTS) is 1. The van der Waals surface area contributed by atoms with Crippen molar-refractivity contribution in [3.63, 3.8) is 0 Å². The standard InChI is InChI=1S/C14H26N2O3/c1-3-7-15-14(13(17)18,11-4-5-11)10-16(2)12-6-8-19-9-12/h11-12,15H,3-10H2,1-2H3,(H,17,18). The fourth-order valence-corrected chi connectivity index (χ4v) is 2.96. The van der Waals surface area contributed by atoms with E-state index in [2.05, 4.69) is 17.1 Å². The molecule has 5 nitrogen and oxygen atoms in total. The van der Waals surface area contributed by atoms with Crippen molar-refractivity contribution in [2.24, 2.45) is 5.92 Å². The minimum Gasteiger partial charge on any atom is -0.480 e. The highest BCUT2D eigenvalue weighted by Gasteiger charge is 2.51. The van der Waals surface area contributed by atoms with Crippen LogP contribution in [-0.4, -0.2) is 60.9 Å². The molecule has 2 N–H and O–H groups in total. The maximum atomic E-state index is 11.8. The van der Waals surface area contributed by atoms with Crippen LogP contribution in [0.2, 0.25) is 0 Å². The first-order valence-electron chi connectivity index (χ1n) is 7.36. The summed E-state index contributed by atoms with van der Waals surface area (Å²) >= 11 is 0. The molecule has 2 fully saturated rings. The van der Waals surface area contributed by atoms with Gasteiger partial charge in [0.15, 0.2) is 0 Å². The van der Waals surface area contributed by atoms with Crippen LogP contribution in [0.15, 0.2) is 0 Å². The lowest BCUT2D eigenvalue weighted by atomic mass is 9.91. The molecule has 1 saturated carbocycles. The third-order valence-electron chi connectivity index (χ3n) is 4.37.